The predicted octanol–water partition coefficient (Wildman–Crippen LogP) is 5.11. The average molecular weight is 543 g/mol. The van der Waals surface area contributed by atoms with E-state index in [1.165, 1.54) is 26.1 Å². The van der Waals surface area contributed by atoms with Gasteiger partial charge in [0.05, 0.1) is 17.1 Å². The lowest BCUT2D eigenvalue weighted by molar-refractivity contribution is 0.102. The number of nitrogens with zero attached hydrogens (tertiary/aromatic N) is 4. The van der Waals surface area contributed by atoms with Crippen LogP contribution < -0.4 is 10.6 Å². The van der Waals surface area contributed by atoms with Crippen LogP contribution in [0.15, 0.2) is 73.2 Å². The standard InChI is InChI=1S/C31H35FN6O2/c1-20-6-7-24(37-29(39)23-10-13-35-28(18-23)31(2,3)32)19-25(20)21-8-11-33-26(16-21)22-9-12-34-27(17-22)30(40)36-14-15-38(4)5/h6-13,16-19,30,36,40H,14-15H2,1-5H3,(H,37,39). The summed E-state index contributed by atoms with van der Waals surface area (Å²) >= 11 is 0. The number of aliphatic hydroxyl groups is 1. The number of carbonyl (C=O) groups excluding carboxylic acids is 1. The van der Waals surface area contributed by atoms with Gasteiger partial charge < -0.3 is 15.3 Å². The number of amides is 1. The van der Waals surface area contributed by atoms with Crippen LogP contribution in [0.4, 0.5) is 10.1 Å². The number of alkyl halides is 1. The molecule has 9 heteroatoms. The van der Waals surface area contributed by atoms with Crippen molar-refractivity contribution >= 4 is 11.6 Å². The van der Waals surface area contributed by atoms with Crippen LogP contribution >= 0.6 is 0 Å². The third-order valence-corrected chi connectivity index (χ3v) is 6.45. The number of anilines is 1. The van der Waals surface area contributed by atoms with Gasteiger partial charge in [0.25, 0.3) is 5.91 Å². The molecule has 0 saturated heterocycles. The Morgan fingerprint density at radius 2 is 1.70 bits per heavy atom. The second-order valence-electron chi connectivity index (χ2n) is 10.4. The third-order valence-electron chi connectivity index (χ3n) is 6.45. The molecule has 0 radical (unpaired) electrons. The van der Waals surface area contributed by atoms with E-state index in [1.807, 2.05) is 68.4 Å². The second-order valence-corrected chi connectivity index (χ2v) is 10.4. The Hall–Kier alpha value is -4.05. The summed E-state index contributed by atoms with van der Waals surface area (Å²) in [5.41, 5.74) is 4.44. The molecule has 1 unspecified atom stereocenters. The highest BCUT2D eigenvalue weighted by molar-refractivity contribution is 6.04. The number of aromatic nitrogens is 3. The highest BCUT2D eigenvalue weighted by Gasteiger charge is 2.22. The average Bonchev–Trinajstić information content (AvgIpc) is 2.93. The normalized spacial score (nSPS) is 12.4. The molecule has 1 aromatic carbocycles. The van der Waals surface area contributed by atoms with Crippen molar-refractivity contribution in [1.29, 1.82) is 0 Å². The number of hydrogen-bond donors (Lipinski definition) is 3. The highest BCUT2D eigenvalue weighted by Crippen LogP contribution is 2.30. The molecule has 3 N–H and O–H groups in total. The zero-order chi connectivity index (χ0) is 28.9. The Morgan fingerprint density at radius 1 is 0.975 bits per heavy atom. The lowest BCUT2D eigenvalue weighted by atomic mass is 9.98. The SMILES string of the molecule is Cc1ccc(NC(=O)c2ccnc(C(C)(C)F)c2)cc1-c1ccnc(-c2ccnc(C(O)NCCN(C)C)c2)c1. The van der Waals surface area contributed by atoms with E-state index >= 15 is 0 Å². The maximum atomic E-state index is 14.3. The summed E-state index contributed by atoms with van der Waals surface area (Å²) < 4.78 is 14.3. The van der Waals surface area contributed by atoms with Crippen LogP contribution in [-0.2, 0) is 5.67 Å². The van der Waals surface area contributed by atoms with E-state index < -0.39 is 11.9 Å². The number of rotatable bonds is 10. The number of aryl methyl sites for hydroxylation is 1. The van der Waals surface area contributed by atoms with Crippen LogP contribution in [0.25, 0.3) is 22.4 Å². The second kappa shape index (κ2) is 12.4. The Bertz CT molecular complexity index is 1480. The van der Waals surface area contributed by atoms with Crippen LogP contribution in [-0.4, -0.2) is 58.1 Å². The molecule has 0 aliphatic carbocycles. The van der Waals surface area contributed by atoms with Crippen molar-refractivity contribution < 1.29 is 14.3 Å². The molecule has 208 valence electrons. The van der Waals surface area contributed by atoms with E-state index in [0.717, 1.165) is 34.5 Å². The number of carbonyl (C=O) groups is 1. The predicted molar refractivity (Wildman–Crippen MR) is 155 cm³/mol. The van der Waals surface area contributed by atoms with Gasteiger partial charge in [0, 0.05) is 48.5 Å². The van der Waals surface area contributed by atoms with Gasteiger partial charge in [-0.15, -0.1) is 0 Å². The third kappa shape index (κ3) is 7.32. The first-order valence-electron chi connectivity index (χ1n) is 13.1. The smallest absolute Gasteiger partial charge is 0.255 e. The number of aliphatic hydroxyl groups excluding tert-OH is 1. The largest absolute Gasteiger partial charge is 0.373 e. The quantitative estimate of drug-likeness (QED) is 0.239. The zero-order valence-electron chi connectivity index (χ0n) is 23.4. The Kier molecular flexibility index (Phi) is 8.99. The van der Waals surface area contributed by atoms with Gasteiger partial charge in [0.15, 0.2) is 0 Å². The van der Waals surface area contributed by atoms with Crippen LogP contribution in [0, 0.1) is 6.92 Å². The highest BCUT2D eigenvalue weighted by atomic mass is 19.1. The maximum absolute atomic E-state index is 14.3. The fourth-order valence-electron chi connectivity index (χ4n) is 4.15. The van der Waals surface area contributed by atoms with E-state index in [9.17, 15) is 14.3 Å². The van der Waals surface area contributed by atoms with Crippen LogP contribution in [0.2, 0.25) is 0 Å². The van der Waals surface area contributed by atoms with Gasteiger partial charge >= 0.3 is 0 Å². The fraction of sp³-hybridized carbons (Fsp3) is 0.290. The molecule has 0 saturated carbocycles. The molecule has 0 aliphatic heterocycles. The van der Waals surface area contributed by atoms with Gasteiger partial charge in [-0.1, -0.05) is 6.07 Å². The van der Waals surface area contributed by atoms with E-state index in [0.29, 0.717) is 23.5 Å². The molecule has 40 heavy (non-hydrogen) atoms. The van der Waals surface area contributed by atoms with Crippen LogP contribution in [0.5, 0.6) is 0 Å². The number of likely N-dealkylation sites (N-methyl/N-ethyl adjacent to an activating group) is 1. The van der Waals surface area contributed by atoms with Crippen LogP contribution in [0.1, 0.15) is 47.4 Å². The van der Waals surface area contributed by atoms with Crippen molar-refractivity contribution in [2.75, 3.05) is 32.5 Å². The summed E-state index contributed by atoms with van der Waals surface area (Å²) in [6, 6.07) is 16.3. The van der Waals surface area contributed by atoms with E-state index in [1.54, 1.807) is 18.5 Å². The van der Waals surface area contributed by atoms with E-state index in [2.05, 4.69) is 25.6 Å². The van der Waals surface area contributed by atoms with Gasteiger partial charge in [0.1, 0.15) is 11.9 Å². The van der Waals surface area contributed by atoms with Gasteiger partial charge in [-0.2, -0.15) is 0 Å². The van der Waals surface area contributed by atoms with Crippen molar-refractivity contribution in [1.82, 2.24) is 25.2 Å². The number of nitrogens with one attached hydrogen (secondary N) is 2. The molecule has 1 amide bonds. The molecule has 1 atom stereocenters. The Morgan fingerprint density at radius 3 is 2.45 bits per heavy atom. The summed E-state index contributed by atoms with van der Waals surface area (Å²) in [6.07, 6.45) is 3.94. The molecular formula is C31H35FN6O2. The van der Waals surface area contributed by atoms with Crippen molar-refractivity contribution in [3.8, 4) is 22.4 Å². The summed E-state index contributed by atoms with van der Waals surface area (Å²) in [6.45, 7) is 6.23. The van der Waals surface area contributed by atoms with Gasteiger partial charge in [-0.25, -0.2) is 4.39 Å². The zero-order valence-corrected chi connectivity index (χ0v) is 23.4. The molecule has 0 fully saturated rings. The van der Waals surface area contributed by atoms with Gasteiger partial charge in [-0.05, 0) is 100 Å². The lowest BCUT2D eigenvalue weighted by Crippen LogP contribution is -2.30. The van der Waals surface area contributed by atoms with Crippen molar-refractivity contribution in [2.24, 2.45) is 0 Å². The maximum Gasteiger partial charge on any atom is 0.255 e. The molecule has 3 heterocycles. The van der Waals surface area contributed by atoms with E-state index in [-0.39, 0.29) is 11.6 Å². The first-order chi connectivity index (χ1) is 19.0. The molecule has 4 rings (SSSR count). The lowest BCUT2D eigenvalue weighted by Gasteiger charge is -2.16. The van der Waals surface area contributed by atoms with E-state index in [4.69, 9.17) is 0 Å². The molecule has 0 bridgehead atoms. The Balaban J connectivity index is 1.56. The molecule has 3 aromatic heterocycles. The minimum Gasteiger partial charge on any atom is -0.373 e. The molecule has 8 nitrogen and oxygen atoms in total. The number of benzene rings is 1. The first-order valence-corrected chi connectivity index (χ1v) is 13.1. The number of halogens is 1. The van der Waals surface area contributed by atoms with Gasteiger partial charge in [-0.3, -0.25) is 25.1 Å². The molecule has 4 aromatic rings. The Labute approximate surface area is 234 Å². The summed E-state index contributed by atoms with van der Waals surface area (Å²) in [4.78, 5) is 27.9. The summed E-state index contributed by atoms with van der Waals surface area (Å²) in [7, 11) is 3.95. The van der Waals surface area contributed by atoms with Crippen LogP contribution in [0.3, 0.4) is 0 Å². The number of hydrogen-bond acceptors (Lipinski definition) is 7. The first kappa shape index (κ1) is 28.9. The fourth-order valence-corrected chi connectivity index (χ4v) is 4.15. The molecule has 0 spiro atoms. The van der Waals surface area contributed by atoms with Crippen molar-refractivity contribution in [2.45, 2.75) is 32.7 Å². The topological polar surface area (TPSA) is 103 Å². The van der Waals surface area contributed by atoms with Gasteiger partial charge in [0.2, 0.25) is 0 Å². The summed E-state index contributed by atoms with van der Waals surface area (Å²) in [5, 5.41) is 16.5. The van der Waals surface area contributed by atoms with Crippen molar-refractivity contribution in [3.05, 3.63) is 95.7 Å². The molecule has 0 aliphatic rings. The van der Waals surface area contributed by atoms with Crippen molar-refractivity contribution in [3.63, 3.8) is 0 Å². The number of pyridine rings is 3. The molecular weight excluding hydrogens is 507 g/mol. The minimum absolute atomic E-state index is 0.199. The minimum atomic E-state index is -1.65. The monoisotopic (exact) mass is 542 g/mol. The summed E-state index contributed by atoms with van der Waals surface area (Å²) in [5.74, 6) is -0.347.